The molecule has 0 bridgehead atoms. The number of carbonyl (C=O) groups is 1. The van der Waals surface area contributed by atoms with Crippen molar-refractivity contribution in [3.63, 3.8) is 0 Å². The van der Waals surface area contributed by atoms with Crippen LogP contribution in [0.1, 0.15) is 33.5 Å². The third-order valence-electron chi connectivity index (χ3n) is 6.67. The summed E-state index contributed by atoms with van der Waals surface area (Å²) in [5, 5.41) is 14.6. The molecule has 5 rings (SSSR count). The molecule has 0 aliphatic rings. The van der Waals surface area contributed by atoms with Gasteiger partial charge in [0.25, 0.3) is 0 Å². The van der Waals surface area contributed by atoms with E-state index in [4.69, 9.17) is 9.57 Å². The van der Waals surface area contributed by atoms with Gasteiger partial charge in [-0.25, -0.2) is 4.79 Å². The van der Waals surface area contributed by atoms with E-state index in [1.807, 2.05) is 42.6 Å². The largest absolute Gasteiger partial charge is 0.493 e. The molecule has 0 fully saturated rings. The molecular formula is C33H27F3N2O4. The molecule has 0 saturated heterocycles. The Kier molecular flexibility index (Phi) is 8.57. The number of rotatable bonds is 11. The van der Waals surface area contributed by atoms with Gasteiger partial charge in [0, 0.05) is 41.2 Å². The number of alkyl halides is 3. The van der Waals surface area contributed by atoms with E-state index in [0.717, 1.165) is 35.1 Å². The van der Waals surface area contributed by atoms with Crippen LogP contribution in [0.25, 0.3) is 22.0 Å². The van der Waals surface area contributed by atoms with Crippen molar-refractivity contribution < 1.29 is 32.6 Å². The number of benzene rings is 4. The fourth-order valence-electron chi connectivity index (χ4n) is 4.59. The van der Waals surface area contributed by atoms with E-state index in [1.165, 1.54) is 35.9 Å². The van der Waals surface area contributed by atoms with Crippen molar-refractivity contribution in [3.8, 4) is 16.9 Å². The molecule has 0 radical (unpaired) electrons. The Morgan fingerprint density at radius 1 is 0.905 bits per heavy atom. The quantitative estimate of drug-likeness (QED) is 0.0992. The predicted octanol–water partition coefficient (Wildman–Crippen LogP) is 7.89. The highest BCUT2D eigenvalue weighted by atomic mass is 19.4. The number of fused-ring (bicyclic) bond motifs is 1. The number of carboxylic acid groups (broad SMARTS) is 1. The summed E-state index contributed by atoms with van der Waals surface area (Å²) in [7, 11) is 0. The molecule has 0 atom stereocenters. The third-order valence-corrected chi connectivity index (χ3v) is 6.67. The molecule has 4 aromatic carbocycles. The summed E-state index contributed by atoms with van der Waals surface area (Å²) in [6, 6.07) is 27.1. The number of hydrogen-bond donors (Lipinski definition) is 1. The van der Waals surface area contributed by atoms with Crippen molar-refractivity contribution in [2.75, 3.05) is 13.2 Å². The molecule has 1 N–H and O–H groups in total. The number of halogens is 3. The van der Waals surface area contributed by atoms with Crippen LogP contribution in [0.3, 0.4) is 0 Å². The molecule has 9 heteroatoms. The standard InChI is InChI=1S/C33H27F3N2O4/c34-33(35,36)27-14-11-24(12-15-27)29-19-25(32(39)40)13-16-31(29)41-17-6-18-42-37-20-26-22-38(21-23-7-2-1-3-8-23)30-10-5-4-9-28(26)30/h1-5,7-16,19-20,22H,6,17-18,21H2,(H,39,40)/b37-20+. The van der Waals surface area contributed by atoms with Gasteiger partial charge in [-0.3, -0.25) is 0 Å². The summed E-state index contributed by atoms with van der Waals surface area (Å²) in [6.45, 7) is 1.23. The summed E-state index contributed by atoms with van der Waals surface area (Å²) in [5.41, 5.74) is 3.22. The summed E-state index contributed by atoms with van der Waals surface area (Å²) < 4.78 is 47.0. The van der Waals surface area contributed by atoms with Gasteiger partial charge in [-0.05, 0) is 47.5 Å². The first-order chi connectivity index (χ1) is 20.3. The number of nitrogens with zero attached hydrogens (tertiary/aromatic N) is 2. The molecule has 0 unspecified atom stereocenters. The van der Waals surface area contributed by atoms with Crippen LogP contribution >= 0.6 is 0 Å². The van der Waals surface area contributed by atoms with Gasteiger partial charge < -0.3 is 19.2 Å². The minimum atomic E-state index is -4.47. The zero-order valence-electron chi connectivity index (χ0n) is 22.4. The monoisotopic (exact) mass is 572 g/mol. The molecular weight excluding hydrogens is 545 g/mol. The molecule has 0 aliphatic carbocycles. The van der Waals surface area contributed by atoms with Crippen LogP contribution < -0.4 is 4.74 Å². The van der Waals surface area contributed by atoms with E-state index < -0.39 is 17.7 Å². The SMILES string of the molecule is O=C(O)c1ccc(OCCCO/N=C/c2cn(Cc3ccccc3)c3ccccc23)c(-c2ccc(C(F)(F)F)cc2)c1. The van der Waals surface area contributed by atoms with E-state index in [1.54, 1.807) is 6.21 Å². The normalized spacial score (nSPS) is 11.7. The van der Waals surface area contributed by atoms with Crippen LogP contribution in [0, 0.1) is 0 Å². The van der Waals surface area contributed by atoms with Gasteiger partial charge in [-0.2, -0.15) is 13.2 Å². The first kappa shape index (κ1) is 28.5. The second-order valence-corrected chi connectivity index (χ2v) is 9.58. The Balaban J connectivity index is 1.19. The number of aromatic carboxylic acids is 1. The van der Waals surface area contributed by atoms with Crippen molar-refractivity contribution in [3.05, 3.63) is 126 Å². The summed E-state index contributed by atoms with van der Waals surface area (Å²) in [5.74, 6) is -0.793. The predicted molar refractivity (Wildman–Crippen MR) is 155 cm³/mol. The molecule has 42 heavy (non-hydrogen) atoms. The Bertz CT molecular complexity index is 1690. The molecule has 0 spiro atoms. The van der Waals surface area contributed by atoms with Gasteiger partial charge in [0.05, 0.1) is 23.9 Å². The van der Waals surface area contributed by atoms with Crippen molar-refractivity contribution in [1.82, 2.24) is 4.57 Å². The summed E-state index contributed by atoms with van der Waals surface area (Å²) in [4.78, 5) is 16.9. The second-order valence-electron chi connectivity index (χ2n) is 9.58. The Morgan fingerprint density at radius 3 is 2.38 bits per heavy atom. The summed E-state index contributed by atoms with van der Waals surface area (Å²) >= 11 is 0. The molecule has 6 nitrogen and oxygen atoms in total. The van der Waals surface area contributed by atoms with Crippen molar-refractivity contribution in [1.29, 1.82) is 0 Å². The van der Waals surface area contributed by atoms with Gasteiger partial charge in [0.15, 0.2) is 0 Å². The first-order valence-corrected chi connectivity index (χ1v) is 13.2. The fourth-order valence-corrected chi connectivity index (χ4v) is 4.59. The lowest BCUT2D eigenvalue weighted by Gasteiger charge is -2.13. The van der Waals surface area contributed by atoms with Crippen LogP contribution in [-0.2, 0) is 17.6 Å². The third kappa shape index (κ3) is 6.80. The van der Waals surface area contributed by atoms with Crippen molar-refractivity contribution >= 4 is 23.1 Å². The van der Waals surface area contributed by atoms with E-state index >= 15 is 0 Å². The Morgan fingerprint density at radius 2 is 1.64 bits per heavy atom. The van der Waals surface area contributed by atoms with E-state index in [-0.39, 0.29) is 18.8 Å². The maximum Gasteiger partial charge on any atom is 0.416 e. The van der Waals surface area contributed by atoms with Crippen LogP contribution in [-0.4, -0.2) is 35.1 Å². The minimum Gasteiger partial charge on any atom is -0.493 e. The highest BCUT2D eigenvalue weighted by Crippen LogP contribution is 2.35. The van der Waals surface area contributed by atoms with Gasteiger partial charge in [0.2, 0.25) is 0 Å². The number of hydrogen-bond acceptors (Lipinski definition) is 4. The van der Waals surface area contributed by atoms with Crippen molar-refractivity contribution in [2.24, 2.45) is 5.16 Å². The zero-order valence-corrected chi connectivity index (χ0v) is 22.4. The lowest BCUT2D eigenvalue weighted by molar-refractivity contribution is -0.137. The van der Waals surface area contributed by atoms with Gasteiger partial charge >= 0.3 is 12.1 Å². The highest BCUT2D eigenvalue weighted by Gasteiger charge is 2.30. The zero-order chi connectivity index (χ0) is 29.5. The molecule has 214 valence electrons. The molecule has 0 amide bonds. The average molecular weight is 573 g/mol. The number of oxime groups is 1. The molecule has 5 aromatic rings. The number of para-hydroxylation sites is 1. The van der Waals surface area contributed by atoms with E-state index in [2.05, 4.69) is 27.9 Å². The number of ether oxygens (including phenoxy) is 1. The molecule has 0 saturated carbocycles. The fraction of sp³-hybridized carbons (Fsp3) is 0.152. The van der Waals surface area contributed by atoms with Crippen LogP contribution in [0.4, 0.5) is 13.2 Å². The average Bonchev–Trinajstić information content (AvgIpc) is 3.33. The summed E-state index contributed by atoms with van der Waals surface area (Å²) in [6.07, 6.45) is -0.280. The highest BCUT2D eigenvalue weighted by molar-refractivity contribution is 5.99. The second kappa shape index (κ2) is 12.6. The molecule has 0 aliphatic heterocycles. The lowest BCUT2D eigenvalue weighted by atomic mass is 10.0. The number of aromatic nitrogens is 1. The van der Waals surface area contributed by atoms with Gasteiger partial charge in [0.1, 0.15) is 12.4 Å². The smallest absolute Gasteiger partial charge is 0.416 e. The van der Waals surface area contributed by atoms with Crippen LogP contribution in [0.5, 0.6) is 5.75 Å². The topological polar surface area (TPSA) is 73.1 Å². The van der Waals surface area contributed by atoms with E-state index in [9.17, 15) is 23.1 Å². The van der Waals surface area contributed by atoms with Gasteiger partial charge in [-0.1, -0.05) is 65.8 Å². The van der Waals surface area contributed by atoms with Crippen LogP contribution in [0.2, 0.25) is 0 Å². The molecule has 1 aromatic heterocycles. The van der Waals surface area contributed by atoms with Crippen LogP contribution in [0.15, 0.2) is 108 Å². The lowest BCUT2D eigenvalue weighted by Crippen LogP contribution is -2.05. The first-order valence-electron chi connectivity index (χ1n) is 13.2. The van der Waals surface area contributed by atoms with E-state index in [0.29, 0.717) is 23.3 Å². The van der Waals surface area contributed by atoms with Crippen molar-refractivity contribution in [2.45, 2.75) is 19.1 Å². The minimum absolute atomic E-state index is 0.0000403. The Labute approximate surface area is 240 Å². The van der Waals surface area contributed by atoms with Gasteiger partial charge in [-0.15, -0.1) is 0 Å². The molecule has 1 heterocycles. The Hall–Kier alpha value is -5.05. The number of carboxylic acids is 1. The maximum absolute atomic E-state index is 13.0. The maximum atomic E-state index is 13.0.